The van der Waals surface area contributed by atoms with Crippen molar-refractivity contribution in [1.82, 2.24) is 0 Å². The maximum atomic E-state index is 10.9. The van der Waals surface area contributed by atoms with Crippen LogP contribution in [-0.2, 0) is 4.74 Å². The fourth-order valence-corrected chi connectivity index (χ4v) is 1.77. The molecular weight excluding hydrogens is 236 g/mol. The zero-order valence-electron chi connectivity index (χ0n) is 9.67. The highest BCUT2D eigenvalue weighted by molar-refractivity contribution is 5.51. The standard InChI is InChI=1S/C12H12N2O4/c13-6-9-1-2-12(11(5-9)14(15)16)18-8-10-3-4-17-7-10/h1-2,5,10H,3-4,7-8H2. The van der Waals surface area contributed by atoms with E-state index in [-0.39, 0.29) is 22.9 Å². The Bertz CT molecular complexity index is 489. The van der Waals surface area contributed by atoms with Crippen LogP contribution in [0, 0.1) is 27.4 Å². The molecule has 1 unspecified atom stereocenters. The van der Waals surface area contributed by atoms with Gasteiger partial charge in [-0.25, -0.2) is 0 Å². The predicted molar refractivity (Wildman–Crippen MR) is 62.2 cm³/mol. The van der Waals surface area contributed by atoms with Gasteiger partial charge in [-0.05, 0) is 18.6 Å². The largest absolute Gasteiger partial charge is 0.486 e. The minimum atomic E-state index is -0.540. The molecule has 1 heterocycles. The highest BCUT2D eigenvalue weighted by Gasteiger charge is 2.20. The molecule has 0 aliphatic carbocycles. The molecule has 1 fully saturated rings. The Morgan fingerprint density at radius 2 is 2.44 bits per heavy atom. The van der Waals surface area contributed by atoms with Gasteiger partial charge in [0.05, 0.1) is 29.8 Å². The molecule has 1 aliphatic heterocycles. The lowest BCUT2D eigenvalue weighted by Gasteiger charge is -2.10. The van der Waals surface area contributed by atoms with Gasteiger partial charge in [0.25, 0.3) is 0 Å². The van der Waals surface area contributed by atoms with Crippen LogP contribution in [0.15, 0.2) is 18.2 Å². The van der Waals surface area contributed by atoms with Crippen LogP contribution in [-0.4, -0.2) is 24.7 Å². The molecule has 0 N–H and O–H groups in total. The van der Waals surface area contributed by atoms with Crippen LogP contribution in [0.3, 0.4) is 0 Å². The van der Waals surface area contributed by atoms with Gasteiger partial charge in [0.2, 0.25) is 0 Å². The van der Waals surface area contributed by atoms with Gasteiger partial charge in [0, 0.05) is 18.6 Å². The molecule has 6 nitrogen and oxygen atoms in total. The van der Waals surface area contributed by atoms with Crippen LogP contribution in [0.4, 0.5) is 5.69 Å². The van der Waals surface area contributed by atoms with E-state index in [2.05, 4.69) is 0 Å². The maximum Gasteiger partial charge on any atom is 0.312 e. The molecule has 1 aromatic carbocycles. The van der Waals surface area contributed by atoms with Crippen molar-refractivity contribution in [1.29, 1.82) is 5.26 Å². The van der Waals surface area contributed by atoms with Crippen LogP contribution in [0.25, 0.3) is 0 Å². The molecule has 6 heteroatoms. The third-order valence-corrected chi connectivity index (χ3v) is 2.78. The summed E-state index contributed by atoms with van der Waals surface area (Å²) in [7, 11) is 0. The van der Waals surface area contributed by atoms with E-state index in [4.69, 9.17) is 14.7 Å². The van der Waals surface area contributed by atoms with Crippen molar-refractivity contribution >= 4 is 5.69 Å². The van der Waals surface area contributed by atoms with Gasteiger partial charge < -0.3 is 9.47 Å². The molecule has 1 aromatic rings. The van der Waals surface area contributed by atoms with Gasteiger partial charge in [-0.15, -0.1) is 0 Å². The molecule has 18 heavy (non-hydrogen) atoms. The Morgan fingerprint density at radius 1 is 1.61 bits per heavy atom. The van der Waals surface area contributed by atoms with Gasteiger partial charge in [-0.1, -0.05) is 0 Å². The number of hydrogen-bond acceptors (Lipinski definition) is 5. The predicted octanol–water partition coefficient (Wildman–Crippen LogP) is 1.88. The SMILES string of the molecule is N#Cc1ccc(OCC2CCOC2)c([N+](=O)[O-])c1. The number of ether oxygens (including phenoxy) is 2. The van der Waals surface area contributed by atoms with Gasteiger partial charge in [0.1, 0.15) is 0 Å². The van der Waals surface area contributed by atoms with Crippen LogP contribution >= 0.6 is 0 Å². The van der Waals surface area contributed by atoms with Crippen molar-refractivity contribution in [2.45, 2.75) is 6.42 Å². The number of nitro groups is 1. The lowest BCUT2D eigenvalue weighted by Crippen LogP contribution is -2.12. The quantitative estimate of drug-likeness (QED) is 0.599. The Labute approximate surface area is 104 Å². The minimum absolute atomic E-state index is 0.173. The van der Waals surface area contributed by atoms with E-state index in [0.29, 0.717) is 19.8 Å². The Kier molecular flexibility index (Phi) is 3.75. The molecule has 0 aromatic heterocycles. The van der Waals surface area contributed by atoms with Gasteiger partial charge in [-0.2, -0.15) is 5.26 Å². The van der Waals surface area contributed by atoms with Crippen molar-refractivity contribution in [2.24, 2.45) is 5.92 Å². The molecule has 0 bridgehead atoms. The zero-order chi connectivity index (χ0) is 13.0. The topological polar surface area (TPSA) is 85.4 Å². The monoisotopic (exact) mass is 248 g/mol. The second-order valence-corrected chi connectivity index (χ2v) is 4.09. The summed E-state index contributed by atoms with van der Waals surface area (Å²) in [5.74, 6) is 0.478. The zero-order valence-corrected chi connectivity index (χ0v) is 9.67. The average Bonchev–Trinajstić information content (AvgIpc) is 2.89. The summed E-state index contributed by atoms with van der Waals surface area (Å²) in [5.41, 5.74) is 0.0752. The number of nitrogens with zero attached hydrogens (tertiary/aromatic N) is 2. The second-order valence-electron chi connectivity index (χ2n) is 4.09. The third kappa shape index (κ3) is 2.76. The van der Waals surface area contributed by atoms with E-state index in [0.717, 1.165) is 6.42 Å². The fraction of sp³-hybridized carbons (Fsp3) is 0.417. The molecule has 0 radical (unpaired) electrons. The average molecular weight is 248 g/mol. The molecule has 2 rings (SSSR count). The van der Waals surface area contributed by atoms with Crippen molar-refractivity contribution < 1.29 is 14.4 Å². The molecule has 0 saturated carbocycles. The normalized spacial score (nSPS) is 18.3. The highest BCUT2D eigenvalue weighted by atomic mass is 16.6. The molecule has 1 aliphatic rings. The molecule has 0 amide bonds. The first-order valence-corrected chi connectivity index (χ1v) is 5.60. The van der Waals surface area contributed by atoms with E-state index in [1.54, 1.807) is 0 Å². The van der Waals surface area contributed by atoms with Crippen LogP contribution in [0.1, 0.15) is 12.0 Å². The number of benzene rings is 1. The highest BCUT2D eigenvalue weighted by Crippen LogP contribution is 2.28. The van der Waals surface area contributed by atoms with Crippen molar-refractivity contribution in [3.63, 3.8) is 0 Å². The Balaban J connectivity index is 2.11. The number of hydrogen-bond donors (Lipinski definition) is 0. The summed E-state index contributed by atoms with van der Waals surface area (Å²) in [4.78, 5) is 10.3. The van der Waals surface area contributed by atoms with E-state index in [9.17, 15) is 10.1 Å². The third-order valence-electron chi connectivity index (χ3n) is 2.78. The Morgan fingerprint density at radius 3 is 3.06 bits per heavy atom. The van der Waals surface area contributed by atoms with E-state index in [1.165, 1.54) is 18.2 Å². The smallest absolute Gasteiger partial charge is 0.312 e. The Hall–Kier alpha value is -2.13. The van der Waals surface area contributed by atoms with Gasteiger partial charge in [0.15, 0.2) is 5.75 Å². The summed E-state index contributed by atoms with van der Waals surface area (Å²) in [6.45, 7) is 1.74. The van der Waals surface area contributed by atoms with Crippen LogP contribution < -0.4 is 4.74 Å². The van der Waals surface area contributed by atoms with Gasteiger partial charge >= 0.3 is 5.69 Å². The van der Waals surface area contributed by atoms with E-state index < -0.39 is 4.92 Å². The van der Waals surface area contributed by atoms with E-state index >= 15 is 0 Å². The van der Waals surface area contributed by atoms with Crippen LogP contribution in [0.5, 0.6) is 5.75 Å². The molecule has 94 valence electrons. The van der Waals surface area contributed by atoms with Crippen molar-refractivity contribution in [3.8, 4) is 11.8 Å². The summed E-state index contributed by atoms with van der Waals surface area (Å²) >= 11 is 0. The summed E-state index contributed by atoms with van der Waals surface area (Å²) in [5, 5.41) is 19.6. The minimum Gasteiger partial charge on any atom is -0.486 e. The van der Waals surface area contributed by atoms with Gasteiger partial charge in [-0.3, -0.25) is 10.1 Å². The number of nitriles is 1. The lowest BCUT2D eigenvalue weighted by molar-refractivity contribution is -0.385. The first-order chi connectivity index (χ1) is 8.70. The summed E-state index contributed by atoms with van der Waals surface area (Å²) in [6, 6.07) is 6.06. The summed E-state index contributed by atoms with van der Waals surface area (Å²) < 4.78 is 10.7. The molecule has 1 atom stereocenters. The summed E-state index contributed by atoms with van der Waals surface area (Å²) in [6.07, 6.45) is 0.907. The first kappa shape index (κ1) is 12.3. The van der Waals surface area contributed by atoms with Crippen molar-refractivity contribution in [3.05, 3.63) is 33.9 Å². The lowest BCUT2D eigenvalue weighted by atomic mass is 10.1. The molecule has 0 spiro atoms. The van der Waals surface area contributed by atoms with E-state index in [1.807, 2.05) is 6.07 Å². The maximum absolute atomic E-state index is 10.9. The number of rotatable bonds is 4. The number of nitro benzene ring substituents is 1. The van der Waals surface area contributed by atoms with Crippen molar-refractivity contribution in [2.75, 3.05) is 19.8 Å². The second kappa shape index (κ2) is 5.47. The molecular formula is C12H12N2O4. The first-order valence-electron chi connectivity index (χ1n) is 5.60. The molecule has 1 saturated heterocycles. The fourth-order valence-electron chi connectivity index (χ4n) is 1.77. The van der Waals surface area contributed by atoms with Crippen LogP contribution in [0.2, 0.25) is 0 Å².